The van der Waals surface area contributed by atoms with Crippen molar-refractivity contribution in [3.05, 3.63) is 93.9 Å². The SMILES string of the molecule is Cc1cc(=O)n(CC(=O)NCc2ccccc2)c(SCc2ccccc2)n1. The Morgan fingerprint density at radius 2 is 1.67 bits per heavy atom. The van der Waals surface area contributed by atoms with Crippen molar-refractivity contribution in [3.63, 3.8) is 0 Å². The Balaban J connectivity index is 1.70. The van der Waals surface area contributed by atoms with Crippen molar-refractivity contribution >= 4 is 17.7 Å². The van der Waals surface area contributed by atoms with Crippen LogP contribution in [0.4, 0.5) is 0 Å². The second-order valence-corrected chi connectivity index (χ2v) is 7.08. The van der Waals surface area contributed by atoms with Gasteiger partial charge in [-0.05, 0) is 18.1 Å². The third-order valence-electron chi connectivity index (χ3n) is 3.95. The molecule has 0 aliphatic heterocycles. The van der Waals surface area contributed by atoms with Crippen LogP contribution >= 0.6 is 11.8 Å². The van der Waals surface area contributed by atoms with Crippen molar-refractivity contribution < 1.29 is 4.79 Å². The minimum absolute atomic E-state index is 0.0456. The molecule has 0 radical (unpaired) electrons. The predicted molar refractivity (Wildman–Crippen MR) is 108 cm³/mol. The van der Waals surface area contributed by atoms with E-state index in [2.05, 4.69) is 10.3 Å². The number of nitrogens with one attached hydrogen (secondary N) is 1. The Kier molecular flexibility index (Phi) is 6.44. The minimum atomic E-state index is -0.215. The third kappa shape index (κ3) is 5.56. The summed E-state index contributed by atoms with van der Waals surface area (Å²) < 4.78 is 1.43. The molecule has 138 valence electrons. The molecule has 0 aliphatic carbocycles. The van der Waals surface area contributed by atoms with E-state index in [0.29, 0.717) is 23.1 Å². The summed E-state index contributed by atoms with van der Waals surface area (Å²) in [6, 6.07) is 21.1. The number of rotatable bonds is 7. The summed E-state index contributed by atoms with van der Waals surface area (Å²) in [5.74, 6) is 0.468. The molecule has 1 aromatic heterocycles. The van der Waals surface area contributed by atoms with Crippen LogP contribution in [-0.4, -0.2) is 15.5 Å². The molecule has 1 amide bonds. The molecule has 1 N–H and O–H groups in total. The highest BCUT2D eigenvalue weighted by atomic mass is 32.2. The van der Waals surface area contributed by atoms with E-state index in [9.17, 15) is 9.59 Å². The molecule has 0 saturated carbocycles. The lowest BCUT2D eigenvalue weighted by Crippen LogP contribution is -2.33. The van der Waals surface area contributed by atoms with E-state index in [-0.39, 0.29) is 18.0 Å². The monoisotopic (exact) mass is 379 g/mol. The lowest BCUT2D eigenvalue weighted by molar-refractivity contribution is -0.122. The molecule has 0 bridgehead atoms. The van der Waals surface area contributed by atoms with Gasteiger partial charge in [0.15, 0.2) is 5.16 Å². The van der Waals surface area contributed by atoms with Gasteiger partial charge in [0.05, 0.1) is 0 Å². The largest absolute Gasteiger partial charge is 0.350 e. The highest BCUT2D eigenvalue weighted by molar-refractivity contribution is 7.98. The Bertz CT molecular complexity index is 956. The fraction of sp³-hybridized carbons (Fsp3) is 0.190. The van der Waals surface area contributed by atoms with Gasteiger partial charge in [-0.15, -0.1) is 0 Å². The van der Waals surface area contributed by atoms with Crippen LogP contribution in [0.1, 0.15) is 16.8 Å². The molecule has 0 spiro atoms. The quantitative estimate of drug-likeness (QED) is 0.506. The standard InChI is InChI=1S/C21H21N3O2S/c1-16-12-20(26)24(14-19(25)22-13-17-8-4-2-5-9-17)21(23-16)27-15-18-10-6-3-7-11-18/h2-12H,13-15H2,1H3,(H,22,25). The summed E-state index contributed by atoms with van der Waals surface area (Å²) in [6.07, 6.45) is 0. The third-order valence-corrected chi connectivity index (χ3v) is 4.99. The maximum absolute atomic E-state index is 12.4. The molecule has 5 nitrogen and oxygen atoms in total. The van der Waals surface area contributed by atoms with Gasteiger partial charge in [0.25, 0.3) is 5.56 Å². The summed E-state index contributed by atoms with van der Waals surface area (Å²) in [6.45, 7) is 2.17. The van der Waals surface area contributed by atoms with Crippen LogP contribution in [0, 0.1) is 6.92 Å². The van der Waals surface area contributed by atoms with E-state index in [1.807, 2.05) is 60.7 Å². The van der Waals surface area contributed by atoms with Gasteiger partial charge in [-0.3, -0.25) is 14.2 Å². The second kappa shape index (κ2) is 9.19. The zero-order valence-electron chi connectivity index (χ0n) is 15.1. The zero-order valence-corrected chi connectivity index (χ0v) is 15.9. The van der Waals surface area contributed by atoms with Gasteiger partial charge in [0, 0.05) is 24.1 Å². The van der Waals surface area contributed by atoms with E-state index in [4.69, 9.17) is 0 Å². The number of carbonyl (C=O) groups excluding carboxylic acids is 1. The second-order valence-electron chi connectivity index (χ2n) is 6.14. The number of thioether (sulfide) groups is 1. The van der Waals surface area contributed by atoms with Gasteiger partial charge in [-0.1, -0.05) is 72.4 Å². The van der Waals surface area contributed by atoms with Gasteiger partial charge in [0.2, 0.25) is 5.91 Å². The summed E-state index contributed by atoms with van der Waals surface area (Å²) in [5, 5.41) is 3.41. The maximum Gasteiger partial charge on any atom is 0.254 e. The smallest absolute Gasteiger partial charge is 0.254 e. The minimum Gasteiger partial charge on any atom is -0.350 e. The summed E-state index contributed by atoms with van der Waals surface area (Å²) in [7, 11) is 0. The van der Waals surface area contributed by atoms with E-state index in [1.165, 1.54) is 22.4 Å². The molecule has 0 atom stereocenters. The lowest BCUT2D eigenvalue weighted by Gasteiger charge is -2.12. The molecule has 3 aromatic rings. The Hall–Kier alpha value is -2.86. The molecule has 1 heterocycles. The molecule has 0 unspecified atom stereocenters. The fourth-order valence-electron chi connectivity index (χ4n) is 2.57. The lowest BCUT2D eigenvalue weighted by atomic mass is 10.2. The summed E-state index contributed by atoms with van der Waals surface area (Å²) in [4.78, 5) is 29.2. The number of aryl methyl sites for hydroxylation is 1. The van der Waals surface area contributed by atoms with Crippen LogP contribution in [0.5, 0.6) is 0 Å². The van der Waals surface area contributed by atoms with Crippen LogP contribution in [0.25, 0.3) is 0 Å². The first-order chi connectivity index (χ1) is 13.1. The summed E-state index contributed by atoms with van der Waals surface area (Å²) >= 11 is 1.46. The van der Waals surface area contributed by atoms with Gasteiger partial charge >= 0.3 is 0 Å². The van der Waals surface area contributed by atoms with Crippen molar-refractivity contribution in [1.29, 1.82) is 0 Å². The first-order valence-corrected chi connectivity index (χ1v) is 9.66. The summed E-state index contributed by atoms with van der Waals surface area (Å²) in [5.41, 5.74) is 2.58. The first kappa shape index (κ1) is 18.9. The van der Waals surface area contributed by atoms with Crippen molar-refractivity contribution in [2.45, 2.75) is 30.9 Å². The van der Waals surface area contributed by atoms with Crippen molar-refractivity contribution in [3.8, 4) is 0 Å². The molecule has 2 aromatic carbocycles. The fourth-order valence-corrected chi connectivity index (χ4v) is 3.58. The molecule has 6 heteroatoms. The topological polar surface area (TPSA) is 64.0 Å². The van der Waals surface area contributed by atoms with Crippen LogP contribution in [-0.2, 0) is 23.6 Å². The molecule has 0 saturated heterocycles. The molecule has 0 fully saturated rings. The normalized spacial score (nSPS) is 10.6. The molecule has 27 heavy (non-hydrogen) atoms. The van der Waals surface area contributed by atoms with Gasteiger partial charge in [-0.25, -0.2) is 4.98 Å². The van der Waals surface area contributed by atoms with E-state index in [0.717, 1.165) is 11.1 Å². The van der Waals surface area contributed by atoms with Crippen LogP contribution in [0.2, 0.25) is 0 Å². The molecular weight excluding hydrogens is 358 g/mol. The maximum atomic E-state index is 12.4. The Labute approximate surface area is 162 Å². The van der Waals surface area contributed by atoms with Gasteiger partial charge < -0.3 is 5.32 Å². The molecular formula is C21H21N3O2S. The van der Waals surface area contributed by atoms with E-state index >= 15 is 0 Å². The number of aromatic nitrogens is 2. The average molecular weight is 379 g/mol. The Morgan fingerprint density at radius 1 is 1.04 bits per heavy atom. The van der Waals surface area contributed by atoms with Crippen molar-refractivity contribution in [2.75, 3.05) is 0 Å². The zero-order chi connectivity index (χ0) is 19.1. The Morgan fingerprint density at radius 3 is 2.33 bits per heavy atom. The molecule has 0 aliphatic rings. The van der Waals surface area contributed by atoms with Crippen molar-refractivity contribution in [2.24, 2.45) is 0 Å². The number of carbonyl (C=O) groups is 1. The number of benzene rings is 2. The van der Waals surface area contributed by atoms with Crippen LogP contribution in [0.3, 0.4) is 0 Å². The average Bonchev–Trinajstić information content (AvgIpc) is 2.68. The number of amides is 1. The number of nitrogens with zero attached hydrogens (tertiary/aromatic N) is 2. The van der Waals surface area contributed by atoms with Gasteiger partial charge in [0.1, 0.15) is 6.54 Å². The number of hydrogen-bond donors (Lipinski definition) is 1. The van der Waals surface area contributed by atoms with E-state index < -0.39 is 0 Å². The predicted octanol–water partition coefficient (Wildman–Crippen LogP) is 3.16. The van der Waals surface area contributed by atoms with Crippen LogP contribution in [0.15, 0.2) is 76.7 Å². The van der Waals surface area contributed by atoms with Crippen LogP contribution < -0.4 is 10.9 Å². The highest BCUT2D eigenvalue weighted by Gasteiger charge is 2.12. The highest BCUT2D eigenvalue weighted by Crippen LogP contribution is 2.20. The van der Waals surface area contributed by atoms with Gasteiger partial charge in [-0.2, -0.15) is 0 Å². The molecule has 3 rings (SSSR count). The number of hydrogen-bond acceptors (Lipinski definition) is 4. The van der Waals surface area contributed by atoms with Crippen molar-refractivity contribution in [1.82, 2.24) is 14.9 Å². The first-order valence-electron chi connectivity index (χ1n) is 8.67. The van der Waals surface area contributed by atoms with E-state index in [1.54, 1.807) is 6.92 Å².